The van der Waals surface area contributed by atoms with Gasteiger partial charge in [-0.2, -0.15) is 5.21 Å². The van der Waals surface area contributed by atoms with Crippen molar-refractivity contribution < 1.29 is 9.90 Å². The van der Waals surface area contributed by atoms with Gasteiger partial charge in [0.15, 0.2) is 5.82 Å². The molecular weight excluding hydrogens is 344 g/mol. The number of carboxylic acids is 1. The zero-order valence-electron chi connectivity index (χ0n) is 13.1. The molecule has 0 bridgehead atoms. The summed E-state index contributed by atoms with van der Waals surface area (Å²) in [4.78, 5) is 14.3. The molecule has 124 valence electrons. The van der Waals surface area contributed by atoms with Crippen LogP contribution in [-0.4, -0.2) is 31.7 Å². The number of hydrogen-bond acceptors (Lipinski definition) is 6. The van der Waals surface area contributed by atoms with Crippen LogP contribution >= 0.6 is 22.7 Å². The van der Waals surface area contributed by atoms with E-state index in [-0.39, 0.29) is 0 Å². The maximum atomic E-state index is 11.5. The van der Waals surface area contributed by atoms with Gasteiger partial charge in [0.05, 0.1) is 5.41 Å². The molecule has 0 aliphatic heterocycles. The Morgan fingerprint density at radius 3 is 2.92 bits per heavy atom. The van der Waals surface area contributed by atoms with Crippen molar-refractivity contribution >= 4 is 28.6 Å². The summed E-state index contributed by atoms with van der Waals surface area (Å²) in [5, 5.41) is 26.5. The van der Waals surface area contributed by atoms with Gasteiger partial charge in [-0.15, -0.1) is 32.9 Å². The van der Waals surface area contributed by atoms with Crippen molar-refractivity contribution in [2.75, 3.05) is 0 Å². The second-order valence-corrected chi connectivity index (χ2v) is 8.04. The molecule has 0 aromatic carbocycles. The van der Waals surface area contributed by atoms with Gasteiger partial charge < -0.3 is 5.11 Å². The Morgan fingerprint density at radius 1 is 1.38 bits per heavy atom. The normalized spacial score (nSPS) is 19.5. The van der Waals surface area contributed by atoms with E-state index >= 15 is 0 Å². The Bertz CT molecular complexity index is 884. The summed E-state index contributed by atoms with van der Waals surface area (Å²) < 4.78 is 0. The summed E-state index contributed by atoms with van der Waals surface area (Å²) in [5.41, 5.74) is 1.71. The van der Waals surface area contributed by atoms with Crippen LogP contribution in [0.1, 0.15) is 56.1 Å². The molecule has 6 nitrogen and oxygen atoms in total. The molecule has 0 spiro atoms. The molecule has 1 atom stereocenters. The number of aromatic carboxylic acids is 1. The number of fused-ring (bicyclic) bond motifs is 2. The molecule has 1 aliphatic carbocycles. The summed E-state index contributed by atoms with van der Waals surface area (Å²) in [5.74, 6) is -0.251. The second-order valence-electron chi connectivity index (χ2n) is 5.90. The zero-order valence-corrected chi connectivity index (χ0v) is 14.7. The van der Waals surface area contributed by atoms with Gasteiger partial charge in [-0.05, 0) is 47.9 Å². The minimum Gasteiger partial charge on any atom is -0.477 e. The number of nitrogens with zero attached hydrogens (tertiary/aromatic N) is 3. The van der Waals surface area contributed by atoms with Crippen molar-refractivity contribution in [1.29, 1.82) is 0 Å². The largest absolute Gasteiger partial charge is 0.477 e. The number of nitrogens with one attached hydrogen (secondary N) is 1. The van der Waals surface area contributed by atoms with Crippen LogP contribution < -0.4 is 0 Å². The van der Waals surface area contributed by atoms with Gasteiger partial charge in [-0.25, -0.2) is 4.79 Å². The molecule has 3 aromatic heterocycles. The Labute approximate surface area is 146 Å². The maximum Gasteiger partial charge on any atom is 0.345 e. The average molecular weight is 360 g/mol. The van der Waals surface area contributed by atoms with Crippen LogP contribution in [0.5, 0.6) is 0 Å². The number of thiophene rings is 2. The van der Waals surface area contributed by atoms with Crippen molar-refractivity contribution in [3.05, 3.63) is 49.1 Å². The van der Waals surface area contributed by atoms with E-state index < -0.39 is 11.4 Å². The molecule has 4 rings (SSSR count). The molecule has 2 N–H and O–H groups in total. The first kappa shape index (κ1) is 15.5. The second kappa shape index (κ2) is 5.78. The van der Waals surface area contributed by atoms with Crippen molar-refractivity contribution in [3.8, 4) is 0 Å². The highest BCUT2D eigenvalue weighted by molar-refractivity contribution is 7.14. The third kappa shape index (κ3) is 2.13. The standard InChI is InChI=1S/C16H16N4O2S2/c1-2-6-16(15-17-19-20-18-15)9-5-7-23-11(9)3-4-12-10(16)8-13(24-12)14(21)22/h5,7-8H,2-4,6H2,1H3,(H,21,22)(H,17,18,19,20). The summed E-state index contributed by atoms with van der Waals surface area (Å²) in [6.45, 7) is 2.13. The highest BCUT2D eigenvalue weighted by Gasteiger charge is 2.45. The van der Waals surface area contributed by atoms with Crippen LogP contribution in [0, 0.1) is 0 Å². The lowest BCUT2D eigenvalue weighted by Crippen LogP contribution is -2.31. The number of tetrazole rings is 1. The third-order valence-corrected chi connectivity index (χ3v) is 6.78. The van der Waals surface area contributed by atoms with Crippen LogP contribution in [0.25, 0.3) is 0 Å². The van der Waals surface area contributed by atoms with Gasteiger partial charge in [-0.1, -0.05) is 18.6 Å². The summed E-state index contributed by atoms with van der Waals surface area (Å²) in [7, 11) is 0. The van der Waals surface area contributed by atoms with Crippen LogP contribution in [0.2, 0.25) is 0 Å². The van der Waals surface area contributed by atoms with E-state index in [1.807, 2.05) is 6.07 Å². The molecule has 0 saturated heterocycles. The van der Waals surface area contributed by atoms with Gasteiger partial charge in [0.2, 0.25) is 0 Å². The van der Waals surface area contributed by atoms with E-state index in [9.17, 15) is 9.90 Å². The number of aromatic amines is 1. The zero-order chi connectivity index (χ0) is 16.7. The molecule has 0 radical (unpaired) electrons. The predicted molar refractivity (Wildman–Crippen MR) is 92.0 cm³/mol. The number of hydrogen-bond donors (Lipinski definition) is 2. The molecule has 0 amide bonds. The predicted octanol–water partition coefficient (Wildman–Crippen LogP) is 3.25. The smallest absolute Gasteiger partial charge is 0.345 e. The minimum atomic E-state index is -0.878. The van der Waals surface area contributed by atoms with Crippen molar-refractivity contribution in [2.45, 2.75) is 38.0 Å². The number of carbonyl (C=O) groups is 1. The Hall–Kier alpha value is -2.06. The van der Waals surface area contributed by atoms with Crippen LogP contribution in [0.15, 0.2) is 17.5 Å². The summed E-state index contributed by atoms with van der Waals surface area (Å²) in [6, 6.07) is 3.96. The molecule has 0 saturated carbocycles. The number of rotatable bonds is 4. The molecule has 1 unspecified atom stereocenters. The van der Waals surface area contributed by atoms with E-state index in [4.69, 9.17) is 0 Å². The van der Waals surface area contributed by atoms with E-state index in [0.717, 1.165) is 36.1 Å². The summed E-state index contributed by atoms with van der Waals surface area (Å²) in [6.07, 6.45) is 3.52. The van der Waals surface area contributed by atoms with Gasteiger partial charge >= 0.3 is 5.97 Å². The Kier molecular flexibility index (Phi) is 3.73. The maximum absolute atomic E-state index is 11.5. The Morgan fingerprint density at radius 2 is 2.21 bits per heavy atom. The quantitative estimate of drug-likeness (QED) is 0.745. The number of aryl methyl sites for hydroxylation is 2. The van der Waals surface area contributed by atoms with E-state index in [0.29, 0.717) is 10.7 Å². The number of aromatic nitrogens is 4. The lowest BCUT2D eigenvalue weighted by molar-refractivity contribution is 0.0702. The van der Waals surface area contributed by atoms with Crippen molar-refractivity contribution in [3.63, 3.8) is 0 Å². The minimum absolute atomic E-state index is 0.377. The van der Waals surface area contributed by atoms with Crippen LogP contribution in [0.4, 0.5) is 0 Å². The highest BCUT2D eigenvalue weighted by atomic mass is 32.1. The third-order valence-electron chi connectivity index (χ3n) is 4.62. The van der Waals surface area contributed by atoms with Gasteiger partial charge in [0, 0.05) is 9.75 Å². The lowest BCUT2D eigenvalue weighted by Gasteiger charge is -2.30. The van der Waals surface area contributed by atoms with E-state index in [2.05, 4.69) is 39.0 Å². The average Bonchev–Trinajstić information content (AvgIpc) is 3.30. The summed E-state index contributed by atoms with van der Waals surface area (Å²) >= 11 is 3.13. The van der Waals surface area contributed by atoms with E-state index in [1.54, 1.807) is 11.3 Å². The fourth-order valence-corrected chi connectivity index (χ4v) is 5.74. The molecule has 24 heavy (non-hydrogen) atoms. The van der Waals surface area contributed by atoms with Crippen molar-refractivity contribution in [2.24, 2.45) is 0 Å². The number of carboxylic acid groups (broad SMARTS) is 1. The topological polar surface area (TPSA) is 91.8 Å². The molecule has 3 aromatic rings. The van der Waals surface area contributed by atoms with Crippen LogP contribution in [-0.2, 0) is 18.3 Å². The van der Waals surface area contributed by atoms with Crippen molar-refractivity contribution in [1.82, 2.24) is 20.6 Å². The number of H-pyrrole nitrogens is 1. The van der Waals surface area contributed by atoms with E-state index in [1.165, 1.54) is 21.8 Å². The first-order chi connectivity index (χ1) is 11.7. The van der Waals surface area contributed by atoms with Gasteiger partial charge in [0.25, 0.3) is 0 Å². The first-order valence-electron chi connectivity index (χ1n) is 7.84. The molecule has 0 fully saturated rings. The van der Waals surface area contributed by atoms with Crippen LogP contribution in [0.3, 0.4) is 0 Å². The monoisotopic (exact) mass is 360 g/mol. The van der Waals surface area contributed by atoms with Gasteiger partial charge in [-0.3, -0.25) is 0 Å². The molecule has 3 heterocycles. The molecular formula is C16H16N4O2S2. The Balaban J connectivity index is 2.05. The molecule has 1 aliphatic rings. The molecule has 8 heteroatoms. The lowest BCUT2D eigenvalue weighted by atomic mass is 9.71. The fourth-order valence-electron chi connectivity index (χ4n) is 3.71. The first-order valence-corrected chi connectivity index (χ1v) is 9.53. The fraction of sp³-hybridized carbons (Fsp3) is 0.375. The van der Waals surface area contributed by atoms with Gasteiger partial charge in [0.1, 0.15) is 4.88 Å². The SMILES string of the molecule is CCCC1(c2nn[nH]n2)c2ccsc2CCc2sc(C(=O)O)cc21. The highest BCUT2D eigenvalue weighted by Crippen LogP contribution is 2.49.